The van der Waals surface area contributed by atoms with Crippen LogP contribution in [0.15, 0.2) is 18.2 Å². The van der Waals surface area contributed by atoms with Crippen LogP contribution in [-0.4, -0.2) is 37.7 Å². The zero-order valence-electron chi connectivity index (χ0n) is 16.5. The van der Waals surface area contributed by atoms with Crippen molar-refractivity contribution in [3.63, 3.8) is 0 Å². The van der Waals surface area contributed by atoms with Crippen molar-refractivity contribution >= 4 is 11.9 Å². The fourth-order valence-corrected chi connectivity index (χ4v) is 3.36. The first-order valence-electron chi connectivity index (χ1n) is 9.37. The Labute approximate surface area is 163 Å². The Bertz CT molecular complexity index is 697. The smallest absolute Gasteiger partial charge is 0.387 e. The van der Waals surface area contributed by atoms with Crippen LogP contribution in [0.4, 0.5) is 8.78 Å². The number of nitrogens with one attached hydrogen (secondary N) is 1. The van der Waals surface area contributed by atoms with Gasteiger partial charge in [-0.05, 0) is 43.4 Å². The number of hydrogen-bond donors (Lipinski definition) is 1. The van der Waals surface area contributed by atoms with Crippen molar-refractivity contribution in [1.82, 2.24) is 5.32 Å². The SMILES string of the molecule is COc1cc(C(=O)O[C@H](C)C(=O)N[C@@H]2CCC[C@@H](C)[C@H]2C)ccc1OC(F)F. The Morgan fingerprint density at radius 2 is 1.89 bits per heavy atom. The minimum atomic E-state index is -3.01. The molecule has 0 spiro atoms. The van der Waals surface area contributed by atoms with Gasteiger partial charge in [-0.1, -0.05) is 26.7 Å². The lowest BCUT2D eigenvalue weighted by Gasteiger charge is -2.35. The highest BCUT2D eigenvalue weighted by molar-refractivity contribution is 5.92. The van der Waals surface area contributed by atoms with E-state index in [1.807, 2.05) is 0 Å². The molecule has 28 heavy (non-hydrogen) atoms. The standard InChI is InChI=1S/C20H27F2NO5/c1-11-6-5-7-15(12(11)2)23-18(24)13(3)27-19(25)14-8-9-16(28-20(21)22)17(10-14)26-4/h8-13,15,20H,5-7H2,1-4H3,(H,23,24)/t11-,12-,13-,15-/m1/s1. The molecule has 0 heterocycles. The number of benzene rings is 1. The number of alkyl halides is 2. The first kappa shape index (κ1) is 21.9. The van der Waals surface area contributed by atoms with E-state index < -0.39 is 18.7 Å². The molecule has 0 saturated heterocycles. The van der Waals surface area contributed by atoms with E-state index in [4.69, 9.17) is 9.47 Å². The van der Waals surface area contributed by atoms with Crippen molar-refractivity contribution < 1.29 is 32.6 Å². The predicted molar refractivity (Wildman–Crippen MR) is 98.6 cm³/mol. The van der Waals surface area contributed by atoms with Crippen LogP contribution in [0.5, 0.6) is 11.5 Å². The number of methoxy groups -OCH3 is 1. The van der Waals surface area contributed by atoms with Gasteiger partial charge in [0.05, 0.1) is 12.7 Å². The van der Waals surface area contributed by atoms with Crippen molar-refractivity contribution in [3.8, 4) is 11.5 Å². The van der Waals surface area contributed by atoms with Crippen molar-refractivity contribution in [1.29, 1.82) is 0 Å². The maximum atomic E-state index is 12.4. The summed E-state index contributed by atoms with van der Waals surface area (Å²) in [7, 11) is 1.27. The maximum Gasteiger partial charge on any atom is 0.387 e. The molecule has 1 aromatic rings. The van der Waals surface area contributed by atoms with Gasteiger partial charge in [0.2, 0.25) is 0 Å². The summed E-state index contributed by atoms with van der Waals surface area (Å²) < 4.78 is 39.3. The number of rotatable bonds is 7. The number of amides is 1. The lowest BCUT2D eigenvalue weighted by molar-refractivity contribution is -0.130. The Hall–Kier alpha value is -2.38. The molecular weight excluding hydrogens is 372 g/mol. The van der Waals surface area contributed by atoms with E-state index in [-0.39, 0.29) is 29.0 Å². The maximum absolute atomic E-state index is 12.4. The van der Waals surface area contributed by atoms with E-state index >= 15 is 0 Å². The topological polar surface area (TPSA) is 73.9 Å². The molecule has 1 amide bonds. The van der Waals surface area contributed by atoms with Gasteiger partial charge in [0, 0.05) is 6.04 Å². The molecular formula is C20H27F2NO5. The summed E-state index contributed by atoms with van der Waals surface area (Å²) in [5, 5.41) is 2.96. The quantitative estimate of drug-likeness (QED) is 0.707. The predicted octanol–water partition coefficient (Wildman–Crippen LogP) is 3.78. The average Bonchev–Trinajstić information content (AvgIpc) is 2.65. The molecule has 1 saturated carbocycles. The molecule has 1 aliphatic carbocycles. The van der Waals surface area contributed by atoms with Crippen LogP contribution in [0.25, 0.3) is 0 Å². The lowest BCUT2D eigenvalue weighted by Crippen LogP contribution is -2.47. The van der Waals surface area contributed by atoms with Gasteiger partial charge in [0.15, 0.2) is 17.6 Å². The van der Waals surface area contributed by atoms with Gasteiger partial charge in [-0.2, -0.15) is 8.78 Å². The highest BCUT2D eigenvalue weighted by Gasteiger charge is 2.30. The number of carbonyl (C=O) groups is 2. The van der Waals surface area contributed by atoms with Crippen molar-refractivity contribution in [2.75, 3.05) is 7.11 Å². The number of ether oxygens (including phenoxy) is 3. The second-order valence-electron chi connectivity index (χ2n) is 7.17. The highest BCUT2D eigenvalue weighted by Crippen LogP contribution is 2.31. The van der Waals surface area contributed by atoms with E-state index in [1.165, 1.54) is 32.2 Å². The van der Waals surface area contributed by atoms with Gasteiger partial charge >= 0.3 is 12.6 Å². The Morgan fingerprint density at radius 1 is 1.18 bits per heavy atom. The molecule has 1 aromatic carbocycles. The molecule has 1 N–H and O–H groups in total. The van der Waals surface area contributed by atoms with Gasteiger partial charge in [-0.3, -0.25) is 4.79 Å². The van der Waals surface area contributed by atoms with Crippen LogP contribution in [0.1, 0.15) is 50.4 Å². The fourth-order valence-electron chi connectivity index (χ4n) is 3.36. The van der Waals surface area contributed by atoms with Crippen LogP contribution < -0.4 is 14.8 Å². The molecule has 0 aliphatic heterocycles. The van der Waals surface area contributed by atoms with Crippen molar-refractivity contribution in [3.05, 3.63) is 23.8 Å². The van der Waals surface area contributed by atoms with Crippen LogP contribution in [-0.2, 0) is 9.53 Å². The second kappa shape index (κ2) is 9.71. The third-order valence-corrected chi connectivity index (χ3v) is 5.30. The molecule has 0 unspecified atom stereocenters. The molecule has 0 radical (unpaired) electrons. The third-order valence-electron chi connectivity index (χ3n) is 5.30. The van der Waals surface area contributed by atoms with E-state index in [2.05, 4.69) is 23.9 Å². The number of hydrogen-bond acceptors (Lipinski definition) is 5. The Kier molecular flexibility index (Phi) is 7.60. The van der Waals surface area contributed by atoms with Gasteiger partial charge in [-0.25, -0.2) is 4.79 Å². The molecule has 0 bridgehead atoms. The van der Waals surface area contributed by atoms with Crippen molar-refractivity contribution in [2.45, 2.75) is 58.8 Å². The third kappa shape index (κ3) is 5.56. The molecule has 4 atom stereocenters. The van der Waals surface area contributed by atoms with Crippen LogP contribution >= 0.6 is 0 Å². The second-order valence-corrected chi connectivity index (χ2v) is 7.17. The molecule has 2 rings (SSSR count). The lowest BCUT2D eigenvalue weighted by atomic mass is 9.78. The molecule has 6 nitrogen and oxygen atoms in total. The summed E-state index contributed by atoms with van der Waals surface area (Å²) in [6.45, 7) is 2.76. The Balaban J connectivity index is 1.98. The zero-order valence-corrected chi connectivity index (χ0v) is 16.5. The minimum absolute atomic E-state index is 0.0307. The summed E-state index contributed by atoms with van der Waals surface area (Å²) in [6, 6.07) is 3.76. The van der Waals surface area contributed by atoms with E-state index in [9.17, 15) is 18.4 Å². The first-order chi connectivity index (χ1) is 13.2. The molecule has 0 aromatic heterocycles. The zero-order chi connectivity index (χ0) is 20.8. The van der Waals surface area contributed by atoms with Gasteiger partial charge < -0.3 is 19.5 Å². The van der Waals surface area contributed by atoms with Gasteiger partial charge in [-0.15, -0.1) is 0 Å². The molecule has 1 fully saturated rings. The molecule has 1 aliphatic rings. The average molecular weight is 399 g/mol. The summed E-state index contributed by atoms with van der Waals surface area (Å²) in [4.78, 5) is 24.7. The van der Waals surface area contributed by atoms with Crippen LogP contribution in [0, 0.1) is 11.8 Å². The number of esters is 1. The molecule has 156 valence electrons. The number of halogens is 2. The number of carbonyl (C=O) groups excluding carboxylic acids is 2. The van der Waals surface area contributed by atoms with E-state index in [0.29, 0.717) is 11.8 Å². The highest BCUT2D eigenvalue weighted by atomic mass is 19.3. The largest absolute Gasteiger partial charge is 0.493 e. The summed E-state index contributed by atoms with van der Waals surface area (Å²) in [6.07, 6.45) is 2.11. The van der Waals surface area contributed by atoms with E-state index in [0.717, 1.165) is 19.3 Å². The monoisotopic (exact) mass is 399 g/mol. The summed E-state index contributed by atoms with van der Waals surface area (Å²) in [5.74, 6) is -0.457. The summed E-state index contributed by atoms with van der Waals surface area (Å²) >= 11 is 0. The fraction of sp³-hybridized carbons (Fsp3) is 0.600. The van der Waals surface area contributed by atoms with Gasteiger partial charge in [0.25, 0.3) is 5.91 Å². The van der Waals surface area contributed by atoms with E-state index in [1.54, 1.807) is 0 Å². The normalized spacial score (nSPS) is 23.0. The minimum Gasteiger partial charge on any atom is -0.493 e. The first-order valence-corrected chi connectivity index (χ1v) is 9.37. The van der Waals surface area contributed by atoms with Crippen molar-refractivity contribution in [2.24, 2.45) is 11.8 Å². The Morgan fingerprint density at radius 3 is 2.54 bits per heavy atom. The van der Waals surface area contributed by atoms with Gasteiger partial charge in [0.1, 0.15) is 0 Å². The molecule has 8 heteroatoms. The van der Waals surface area contributed by atoms with Crippen LogP contribution in [0.3, 0.4) is 0 Å². The summed E-state index contributed by atoms with van der Waals surface area (Å²) in [5.41, 5.74) is 0.0674. The van der Waals surface area contributed by atoms with Crippen LogP contribution in [0.2, 0.25) is 0 Å².